The van der Waals surface area contributed by atoms with Gasteiger partial charge in [0.05, 0.1) is 12.2 Å². The number of thiazole rings is 1. The minimum atomic E-state index is -0.486. The summed E-state index contributed by atoms with van der Waals surface area (Å²) >= 11 is 1.33. The van der Waals surface area contributed by atoms with Gasteiger partial charge in [-0.3, -0.25) is 19.3 Å². The second-order valence-electron chi connectivity index (χ2n) is 7.33. The van der Waals surface area contributed by atoms with E-state index in [0.29, 0.717) is 21.9 Å². The van der Waals surface area contributed by atoms with E-state index in [9.17, 15) is 19.2 Å². The Kier molecular flexibility index (Phi) is 6.45. The molecule has 2 heterocycles. The van der Waals surface area contributed by atoms with Crippen molar-refractivity contribution < 1.29 is 19.2 Å². The Hall–Kier alpha value is -4.05. The lowest BCUT2D eigenvalue weighted by molar-refractivity contribution is -0.125. The van der Waals surface area contributed by atoms with Crippen LogP contribution < -0.4 is 16.0 Å². The predicted octanol–water partition coefficient (Wildman–Crippen LogP) is 3.25. The number of amides is 5. The molecule has 1 aromatic heterocycles. The van der Waals surface area contributed by atoms with Crippen LogP contribution >= 0.6 is 11.3 Å². The average Bonchev–Trinajstić information content (AvgIpc) is 3.36. The normalized spacial score (nSPS) is 13.1. The van der Waals surface area contributed by atoms with E-state index in [2.05, 4.69) is 20.9 Å². The van der Waals surface area contributed by atoms with Gasteiger partial charge in [-0.25, -0.2) is 9.78 Å². The Bertz CT molecular complexity index is 1190. The van der Waals surface area contributed by atoms with E-state index in [0.717, 1.165) is 15.5 Å². The standard InChI is InChI=1S/C23H21N5O4S/c1-14-20(33-22(25-14)15-5-3-2-4-6-15)21(31)27-17-9-7-16(8-10-17)26-18(29)11-12-28-19(30)13-24-23(28)32/h2-10H,11-13H2,1H3,(H,24,32)(H,26,29)(H,27,31). The first kappa shape index (κ1) is 22.2. The van der Waals surface area contributed by atoms with Crippen LogP contribution in [0.5, 0.6) is 0 Å². The van der Waals surface area contributed by atoms with E-state index in [1.165, 1.54) is 11.3 Å². The van der Waals surface area contributed by atoms with Gasteiger partial charge < -0.3 is 16.0 Å². The fourth-order valence-electron chi connectivity index (χ4n) is 3.25. The van der Waals surface area contributed by atoms with Gasteiger partial charge in [0.1, 0.15) is 9.88 Å². The second-order valence-corrected chi connectivity index (χ2v) is 8.33. The topological polar surface area (TPSA) is 120 Å². The first-order valence-corrected chi connectivity index (χ1v) is 11.0. The number of imide groups is 1. The molecule has 4 rings (SSSR count). The van der Waals surface area contributed by atoms with Crippen molar-refractivity contribution in [3.8, 4) is 10.6 Å². The number of anilines is 2. The maximum atomic E-state index is 12.7. The van der Waals surface area contributed by atoms with Crippen LogP contribution in [-0.4, -0.2) is 46.7 Å². The summed E-state index contributed by atoms with van der Waals surface area (Å²) < 4.78 is 0. The van der Waals surface area contributed by atoms with E-state index >= 15 is 0 Å². The van der Waals surface area contributed by atoms with Crippen LogP contribution in [0.25, 0.3) is 10.6 Å². The molecule has 1 aliphatic heterocycles. The molecule has 2 aromatic carbocycles. The number of carbonyl (C=O) groups is 4. The third-order valence-electron chi connectivity index (χ3n) is 4.95. The fourth-order valence-corrected chi connectivity index (χ4v) is 4.22. The summed E-state index contributed by atoms with van der Waals surface area (Å²) in [6.45, 7) is 1.78. The molecule has 0 spiro atoms. The number of benzene rings is 2. The number of nitrogens with one attached hydrogen (secondary N) is 3. The molecule has 0 unspecified atom stereocenters. The summed E-state index contributed by atoms with van der Waals surface area (Å²) in [5.41, 5.74) is 2.73. The quantitative estimate of drug-likeness (QED) is 0.465. The summed E-state index contributed by atoms with van der Waals surface area (Å²) in [6.07, 6.45) is -0.00789. The SMILES string of the molecule is Cc1nc(-c2ccccc2)sc1C(=O)Nc1ccc(NC(=O)CCN2C(=O)CNC2=O)cc1. The van der Waals surface area contributed by atoms with Crippen molar-refractivity contribution in [2.45, 2.75) is 13.3 Å². The van der Waals surface area contributed by atoms with Crippen molar-refractivity contribution in [3.05, 3.63) is 65.2 Å². The average molecular weight is 464 g/mol. The first-order chi connectivity index (χ1) is 15.9. The Morgan fingerprint density at radius 2 is 1.70 bits per heavy atom. The van der Waals surface area contributed by atoms with Crippen molar-refractivity contribution >= 4 is 46.5 Å². The summed E-state index contributed by atoms with van der Waals surface area (Å²) in [5.74, 6) is -0.925. The Morgan fingerprint density at radius 3 is 2.33 bits per heavy atom. The molecule has 0 atom stereocenters. The monoisotopic (exact) mass is 463 g/mol. The molecule has 33 heavy (non-hydrogen) atoms. The minimum Gasteiger partial charge on any atom is -0.329 e. The molecule has 1 aliphatic rings. The lowest BCUT2D eigenvalue weighted by atomic mass is 10.2. The Morgan fingerprint density at radius 1 is 1.03 bits per heavy atom. The molecule has 10 heteroatoms. The van der Waals surface area contributed by atoms with Crippen LogP contribution in [0.2, 0.25) is 0 Å². The van der Waals surface area contributed by atoms with Gasteiger partial charge in [-0.2, -0.15) is 0 Å². The summed E-state index contributed by atoms with van der Waals surface area (Å²) in [5, 5.41) is 8.74. The van der Waals surface area contributed by atoms with Crippen LogP contribution in [0.15, 0.2) is 54.6 Å². The number of rotatable bonds is 7. The molecule has 3 aromatic rings. The number of aromatic nitrogens is 1. The molecule has 168 valence electrons. The van der Waals surface area contributed by atoms with Gasteiger partial charge >= 0.3 is 6.03 Å². The third-order valence-corrected chi connectivity index (χ3v) is 6.15. The zero-order chi connectivity index (χ0) is 23.4. The van der Waals surface area contributed by atoms with Crippen LogP contribution in [0.1, 0.15) is 21.8 Å². The molecular formula is C23H21N5O4S. The van der Waals surface area contributed by atoms with E-state index in [1.54, 1.807) is 31.2 Å². The van der Waals surface area contributed by atoms with Gasteiger partial charge in [0.2, 0.25) is 11.8 Å². The molecule has 0 aliphatic carbocycles. The molecule has 0 bridgehead atoms. The van der Waals surface area contributed by atoms with Gasteiger partial charge in [0.15, 0.2) is 0 Å². The highest BCUT2D eigenvalue weighted by Crippen LogP contribution is 2.28. The summed E-state index contributed by atoms with van der Waals surface area (Å²) in [6, 6.07) is 15.9. The van der Waals surface area contributed by atoms with Crippen molar-refractivity contribution in [2.24, 2.45) is 0 Å². The lowest BCUT2D eigenvalue weighted by Crippen LogP contribution is -2.33. The Balaban J connectivity index is 1.32. The van der Waals surface area contributed by atoms with Gasteiger partial charge in [0, 0.05) is 29.9 Å². The van der Waals surface area contributed by atoms with Crippen molar-refractivity contribution in [1.29, 1.82) is 0 Å². The van der Waals surface area contributed by atoms with E-state index in [1.807, 2.05) is 30.3 Å². The molecule has 0 saturated carbocycles. The maximum absolute atomic E-state index is 12.7. The largest absolute Gasteiger partial charge is 0.329 e. The molecule has 1 saturated heterocycles. The number of nitrogens with zero attached hydrogens (tertiary/aromatic N) is 2. The number of carbonyl (C=O) groups excluding carboxylic acids is 4. The molecule has 5 amide bonds. The second kappa shape index (κ2) is 9.61. The van der Waals surface area contributed by atoms with E-state index in [-0.39, 0.29) is 37.2 Å². The van der Waals surface area contributed by atoms with Crippen LogP contribution in [0.3, 0.4) is 0 Å². The number of aryl methyl sites for hydroxylation is 1. The zero-order valence-electron chi connectivity index (χ0n) is 17.8. The highest BCUT2D eigenvalue weighted by molar-refractivity contribution is 7.17. The predicted molar refractivity (Wildman–Crippen MR) is 125 cm³/mol. The van der Waals surface area contributed by atoms with Gasteiger partial charge in [-0.15, -0.1) is 11.3 Å². The van der Waals surface area contributed by atoms with Crippen LogP contribution in [0.4, 0.5) is 16.2 Å². The minimum absolute atomic E-state index is 0.00789. The highest BCUT2D eigenvalue weighted by atomic mass is 32.1. The van der Waals surface area contributed by atoms with Gasteiger partial charge in [0.25, 0.3) is 5.91 Å². The van der Waals surface area contributed by atoms with Crippen molar-refractivity contribution in [3.63, 3.8) is 0 Å². The first-order valence-electron chi connectivity index (χ1n) is 10.2. The van der Waals surface area contributed by atoms with Crippen LogP contribution in [-0.2, 0) is 9.59 Å². The van der Waals surface area contributed by atoms with E-state index in [4.69, 9.17) is 0 Å². The zero-order valence-corrected chi connectivity index (χ0v) is 18.6. The smallest absolute Gasteiger partial charge is 0.324 e. The number of hydrogen-bond donors (Lipinski definition) is 3. The molecule has 1 fully saturated rings. The Labute approximate surface area is 193 Å². The maximum Gasteiger partial charge on any atom is 0.324 e. The van der Waals surface area contributed by atoms with Crippen molar-refractivity contribution in [2.75, 3.05) is 23.7 Å². The van der Waals surface area contributed by atoms with E-state index < -0.39 is 6.03 Å². The lowest BCUT2D eigenvalue weighted by Gasteiger charge is -2.12. The summed E-state index contributed by atoms with van der Waals surface area (Å²) in [4.78, 5) is 54.0. The molecule has 9 nitrogen and oxygen atoms in total. The summed E-state index contributed by atoms with van der Waals surface area (Å²) in [7, 11) is 0. The fraction of sp³-hybridized carbons (Fsp3) is 0.174. The number of hydrogen-bond acceptors (Lipinski definition) is 6. The molecule has 0 radical (unpaired) electrons. The highest BCUT2D eigenvalue weighted by Gasteiger charge is 2.28. The molecule has 3 N–H and O–H groups in total. The number of urea groups is 1. The van der Waals surface area contributed by atoms with Crippen molar-refractivity contribution in [1.82, 2.24) is 15.2 Å². The van der Waals surface area contributed by atoms with Gasteiger partial charge in [-0.05, 0) is 31.2 Å². The van der Waals surface area contributed by atoms with Crippen LogP contribution in [0, 0.1) is 6.92 Å². The van der Waals surface area contributed by atoms with Gasteiger partial charge in [-0.1, -0.05) is 30.3 Å². The molecular weight excluding hydrogens is 442 g/mol. The third kappa shape index (κ3) is 5.24.